The summed E-state index contributed by atoms with van der Waals surface area (Å²) in [5, 5.41) is 4.17. The average molecular weight is 325 g/mol. The molecule has 6 nitrogen and oxygen atoms in total. The van der Waals surface area contributed by atoms with Gasteiger partial charge in [0.05, 0.1) is 11.4 Å². The van der Waals surface area contributed by atoms with Crippen LogP contribution in [0.15, 0.2) is 48.5 Å². The fourth-order valence-electron chi connectivity index (χ4n) is 2.22. The van der Waals surface area contributed by atoms with Gasteiger partial charge >= 0.3 is 5.91 Å². The third-order valence-corrected chi connectivity index (χ3v) is 3.38. The molecule has 122 valence electrons. The van der Waals surface area contributed by atoms with Crippen LogP contribution >= 0.6 is 0 Å². The molecule has 1 aromatic heterocycles. The van der Waals surface area contributed by atoms with Gasteiger partial charge in [0, 0.05) is 0 Å². The van der Waals surface area contributed by atoms with E-state index in [1.54, 1.807) is 19.1 Å². The molecule has 0 saturated heterocycles. The van der Waals surface area contributed by atoms with E-state index >= 15 is 0 Å². The number of carbonyl (C=O) groups excluding carboxylic acids is 1. The van der Waals surface area contributed by atoms with Crippen molar-refractivity contribution in [3.63, 3.8) is 0 Å². The van der Waals surface area contributed by atoms with Gasteiger partial charge in [-0.25, -0.2) is 14.1 Å². The first-order valence-electron chi connectivity index (χ1n) is 7.35. The molecular formula is C17H16FN5O. The van der Waals surface area contributed by atoms with Crippen molar-refractivity contribution in [2.24, 2.45) is 0 Å². The van der Waals surface area contributed by atoms with E-state index in [1.807, 2.05) is 31.2 Å². The fourth-order valence-corrected chi connectivity index (χ4v) is 2.22. The number of rotatable bonds is 4. The summed E-state index contributed by atoms with van der Waals surface area (Å²) in [6.07, 6.45) is 0. The number of carbonyl (C=O) groups is 1. The monoisotopic (exact) mass is 325 g/mol. The van der Waals surface area contributed by atoms with Gasteiger partial charge < -0.3 is 0 Å². The molecular weight excluding hydrogens is 309 g/mol. The largest absolute Gasteiger partial charge is 0.309 e. The summed E-state index contributed by atoms with van der Waals surface area (Å²) in [5.41, 5.74) is 7.84. The van der Waals surface area contributed by atoms with Crippen molar-refractivity contribution in [2.75, 3.05) is 5.43 Å². The Morgan fingerprint density at radius 1 is 1.12 bits per heavy atom. The Morgan fingerprint density at radius 2 is 1.88 bits per heavy atom. The van der Waals surface area contributed by atoms with Crippen LogP contribution in [0.3, 0.4) is 0 Å². The second-order valence-corrected chi connectivity index (χ2v) is 5.32. The lowest BCUT2D eigenvalue weighted by molar-refractivity contribution is 0.0952. The molecule has 1 amide bonds. The lowest BCUT2D eigenvalue weighted by Gasteiger charge is -2.07. The lowest BCUT2D eigenvalue weighted by Crippen LogP contribution is -2.30. The van der Waals surface area contributed by atoms with Gasteiger partial charge in [-0.15, -0.1) is 5.10 Å². The maximum Gasteiger partial charge on any atom is 0.309 e. The van der Waals surface area contributed by atoms with E-state index in [9.17, 15) is 9.18 Å². The summed E-state index contributed by atoms with van der Waals surface area (Å²) in [4.78, 5) is 16.3. The van der Waals surface area contributed by atoms with E-state index in [4.69, 9.17) is 0 Å². The lowest BCUT2D eigenvalue weighted by atomic mass is 10.2. The van der Waals surface area contributed by atoms with E-state index in [0.29, 0.717) is 11.5 Å². The van der Waals surface area contributed by atoms with Gasteiger partial charge in [-0.05, 0) is 55.8 Å². The van der Waals surface area contributed by atoms with E-state index in [-0.39, 0.29) is 11.6 Å². The highest BCUT2D eigenvalue weighted by Crippen LogP contribution is 2.11. The Morgan fingerprint density at radius 3 is 2.58 bits per heavy atom. The minimum absolute atomic E-state index is 0.0250. The van der Waals surface area contributed by atoms with Crippen LogP contribution in [-0.2, 0) is 0 Å². The fraction of sp³-hybridized carbons (Fsp3) is 0.118. The Labute approximate surface area is 138 Å². The maximum atomic E-state index is 13.0. The predicted molar refractivity (Wildman–Crippen MR) is 88.3 cm³/mol. The van der Waals surface area contributed by atoms with Crippen LogP contribution in [-0.4, -0.2) is 20.7 Å². The van der Waals surface area contributed by atoms with Crippen LogP contribution in [0, 0.1) is 19.7 Å². The number of halogens is 1. The Kier molecular flexibility index (Phi) is 4.24. The van der Waals surface area contributed by atoms with Gasteiger partial charge in [-0.3, -0.25) is 15.6 Å². The number of benzene rings is 2. The van der Waals surface area contributed by atoms with E-state index in [0.717, 1.165) is 11.3 Å². The van der Waals surface area contributed by atoms with Crippen molar-refractivity contribution >= 4 is 11.6 Å². The number of hydrazine groups is 1. The Balaban J connectivity index is 1.74. The second-order valence-electron chi connectivity index (χ2n) is 5.32. The van der Waals surface area contributed by atoms with Crippen LogP contribution in [0.2, 0.25) is 0 Å². The minimum atomic E-state index is -0.458. The second kappa shape index (κ2) is 6.49. The van der Waals surface area contributed by atoms with Crippen LogP contribution in [0.1, 0.15) is 22.0 Å². The zero-order chi connectivity index (χ0) is 17.1. The summed E-state index contributed by atoms with van der Waals surface area (Å²) in [5.74, 6) is -0.239. The molecule has 2 aromatic carbocycles. The predicted octanol–water partition coefficient (Wildman–Crippen LogP) is 2.78. The zero-order valence-corrected chi connectivity index (χ0v) is 13.2. The number of hydrogen-bond acceptors (Lipinski definition) is 4. The van der Waals surface area contributed by atoms with Crippen molar-refractivity contribution in [3.05, 3.63) is 71.6 Å². The van der Waals surface area contributed by atoms with Crippen LogP contribution in [0.5, 0.6) is 0 Å². The summed E-state index contributed by atoms with van der Waals surface area (Å²) < 4.78 is 14.5. The molecule has 0 unspecified atom stereocenters. The zero-order valence-electron chi connectivity index (χ0n) is 13.2. The number of hydrogen-bond donors (Lipinski definition) is 2. The van der Waals surface area contributed by atoms with Crippen LogP contribution < -0.4 is 10.9 Å². The third-order valence-electron chi connectivity index (χ3n) is 3.38. The van der Waals surface area contributed by atoms with Crippen molar-refractivity contribution in [1.82, 2.24) is 20.2 Å². The van der Waals surface area contributed by atoms with Crippen LogP contribution in [0.4, 0.5) is 10.1 Å². The van der Waals surface area contributed by atoms with Crippen molar-refractivity contribution in [2.45, 2.75) is 13.8 Å². The van der Waals surface area contributed by atoms with E-state index in [1.165, 1.54) is 16.8 Å². The van der Waals surface area contributed by atoms with Crippen molar-refractivity contribution < 1.29 is 9.18 Å². The molecule has 3 rings (SSSR count). The van der Waals surface area contributed by atoms with E-state index in [2.05, 4.69) is 20.9 Å². The Hall–Kier alpha value is -3.22. The molecule has 0 aliphatic heterocycles. The number of nitrogens with zero attached hydrogens (tertiary/aromatic N) is 3. The van der Waals surface area contributed by atoms with Crippen molar-refractivity contribution in [3.8, 4) is 5.69 Å². The molecule has 0 aliphatic carbocycles. The molecule has 24 heavy (non-hydrogen) atoms. The van der Waals surface area contributed by atoms with Gasteiger partial charge in [-0.2, -0.15) is 0 Å². The highest BCUT2D eigenvalue weighted by Gasteiger charge is 2.15. The van der Waals surface area contributed by atoms with Gasteiger partial charge in [0.25, 0.3) is 0 Å². The molecule has 0 radical (unpaired) electrons. The molecule has 0 atom stereocenters. The molecule has 7 heteroatoms. The van der Waals surface area contributed by atoms with Gasteiger partial charge in [0.1, 0.15) is 11.6 Å². The SMILES string of the molecule is Cc1cccc(NNC(=O)c2nc(C)n(-c3ccc(F)cc3)n2)c1. The molecule has 2 N–H and O–H groups in total. The first-order valence-corrected chi connectivity index (χ1v) is 7.35. The summed E-state index contributed by atoms with van der Waals surface area (Å²) in [6.45, 7) is 3.68. The number of nitrogens with one attached hydrogen (secondary N) is 2. The summed E-state index contributed by atoms with van der Waals surface area (Å²) >= 11 is 0. The standard InChI is InChI=1S/C17H16FN5O/c1-11-4-3-5-14(10-11)20-21-17(24)16-19-12(2)23(22-16)15-8-6-13(18)7-9-15/h3-10,20H,1-2H3,(H,21,24). The summed E-state index contributed by atoms with van der Waals surface area (Å²) in [6, 6.07) is 13.4. The summed E-state index contributed by atoms with van der Waals surface area (Å²) in [7, 11) is 0. The average Bonchev–Trinajstić information content (AvgIpc) is 2.95. The first kappa shape index (κ1) is 15.7. The number of amides is 1. The normalized spacial score (nSPS) is 10.5. The molecule has 0 aliphatic rings. The first-order chi connectivity index (χ1) is 11.5. The molecule has 0 bridgehead atoms. The van der Waals surface area contributed by atoms with E-state index < -0.39 is 5.91 Å². The quantitative estimate of drug-likeness (QED) is 0.724. The highest BCUT2D eigenvalue weighted by molar-refractivity contribution is 5.91. The third kappa shape index (κ3) is 3.40. The topological polar surface area (TPSA) is 71.8 Å². The number of aromatic nitrogens is 3. The smallest absolute Gasteiger partial charge is 0.298 e. The molecule has 1 heterocycles. The Bertz CT molecular complexity index is 873. The molecule has 0 saturated carbocycles. The minimum Gasteiger partial charge on any atom is -0.298 e. The van der Waals surface area contributed by atoms with Gasteiger partial charge in [-0.1, -0.05) is 12.1 Å². The molecule has 3 aromatic rings. The number of aryl methyl sites for hydroxylation is 2. The van der Waals surface area contributed by atoms with Crippen molar-refractivity contribution in [1.29, 1.82) is 0 Å². The maximum absolute atomic E-state index is 13.0. The van der Waals surface area contributed by atoms with Gasteiger partial charge in [0.15, 0.2) is 0 Å². The van der Waals surface area contributed by atoms with Crippen LogP contribution in [0.25, 0.3) is 5.69 Å². The molecule has 0 spiro atoms. The molecule has 0 fully saturated rings. The van der Waals surface area contributed by atoms with Gasteiger partial charge in [0.2, 0.25) is 5.82 Å². The number of anilines is 1. The highest BCUT2D eigenvalue weighted by atomic mass is 19.1.